The average Bonchev–Trinajstić information content (AvgIpc) is 2.46. The number of hydrogen-bond acceptors (Lipinski definition) is 3. The Kier molecular flexibility index (Phi) is 4.16. The molecule has 0 N–H and O–H groups in total. The van der Waals surface area contributed by atoms with E-state index in [0.717, 1.165) is 6.07 Å². The second-order valence-electron chi connectivity index (χ2n) is 4.12. The Bertz CT molecular complexity index is 651. The molecule has 0 amide bonds. The van der Waals surface area contributed by atoms with Gasteiger partial charge in [-0.3, -0.25) is 4.79 Å². The first-order chi connectivity index (χ1) is 9.94. The lowest BCUT2D eigenvalue weighted by molar-refractivity contribution is -0.274. The number of aldehydes is 1. The van der Waals surface area contributed by atoms with Crippen LogP contribution in [0.2, 0.25) is 0 Å². The molecule has 2 aromatic carbocycles. The van der Waals surface area contributed by atoms with Gasteiger partial charge >= 0.3 is 6.36 Å². The zero-order chi connectivity index (χ0) is 15.5. The molecule has 6 heteroatoms. The van der Waals surface area contributed by atoms with Crippen molar-refractivity contribution in [1.29, 1.82) is 0 Å². The summed E-state index contributed by atoms with van der Waals surface area (Å²) in [5.41, 5.74) is 0.780. The molecule has 110 valence electrons. The van der Waals surface area contributed by atoms with Gasteiger partial charge in [-0.15, -0.1) is 13.2 Å². The molecule has 0 fully saturated rings. The van der Waals surface area contributed by atoms with Gasteiger partial charge in [-0.1, -0.05) is 18.2 Å². The Morgan fingerprint density at radius 1 is 1.00 bits per heavy atom. The topological polar surface area (TPSA) is 35.5 Å². The smallest absolute Gasteiger partial charge is 0.496 e. The molecule has 21 heavy (non-hydrogen) atoms. The molecule has 3 nitrogen and oxygen atoms in total. The summed E-state index contributed by atoms with van der Waals surface area (Å²) in [4.78, 5) is 10.8. The van der Waals surface area contributed by atoms with Crippen molar-refractivity contribution in [2.75, 3.05) is 7.11 Å². The lowest BCUT2D eigenvalue weighted by Gasteiger charge is -2.15. The number of benzene rings is 2. The van der Waals surface area contributed by atoms with Crippen molar-refractivity contribution in [2.45, 2.75) is 6.36 Å². The van der Waals surface area contributed by atoms with Crippen molar-refractivity contribution in [3.05, 3.63) is 48.0 Å². The Morgan fingerprint density at radius 3 is 2.33 bits per heavy atom. The van der Waals surface area contributed by atoms with Crippen molar-refractivity contribution in [2.24, 2.45) is 0 Å². The van der Waals surface area contributed by atoms with Gasteiger partial charge in [0.1, 0.15) is 17.8 Å². The van der Waals surface area contributed by atoms with Crippen molar-refractivity contribution >= 4 is 6.29 Å². The molecule has 0 saturated carbocycles. The third kappa shape index (κ3) is 3.53. The van der Waals surface area contributed by atoms with Crippen molar-refractivity contribution in [3.8, 4) is 22.6 Å². The van der Waals surface area contributed by atoms with E-state index in [9.17, 15) is 18.0 Å². The maximum absolute atomic E-state index is 12.5. The zero-order valence-corrected chi connectivity index (χ0v) is 11.0. The molecular weight excluding hydrogens is 285 g/mol. The number of alkyl halides is 3. The second kappa shape index (κ2) is 5.87. The number of methoxy groups -OCH3 is 1. The zero-order valence-electron chi connectivity index (χ0n) is 11.0. The highest BCUT2D eigenvalue weighted by Crippen LogP contribution is 2.38. The fraction of sp³-hybridized carbons (Fsp3) is 0.133. The molecule has 0 aliphatic heterocycles. The Balaban J connectivity index is 2.61. The third-order valence-electron chi connectivity index (χ3n) is 2.76. The number of carbonyl (C=O) groups is 1. The fourth-order valence-corrected chi connectivity index (χ4v) is 1.91. The first-order valence-electron chi connectivity index (χ1n) is 5.93. The summed E-state index contributed by atoms with van der Waals surface area (Å²) in [7, 11) is 1.41. The largest absolute Gasteiger partial charge is 0.573 e. The number of carbonyl (C=O) groups excluding carboxylic acids is 1. The maximum Gasteiger partial charge on any atom is 0.573 e. The summed E-state index contributed by atoms with van der Waals surface area (Å²) in [6.07, 6.45) is -4.27. The van der Waals surface area contributed by atoms with Crippen LogP contribution in [0.1, 0.15) is 10.4 Å². The van der Waals surface area contributed by atoms with E-state index in [-0.39, 0.29) is 11.1 Å². The summed E-state index contributed by atoms with van der Waals surface area (Å²) in [5.74, 6) is -0.00910. The van der Waals surface area contributed by atoms with E-state index in [1.807, 2.05) is 0 Å². The van der Waals surface area contributed by atoms with Crippen LogP contribution >= 0.6 is 0 Å². The lowest BCUT2D eigenvalue weighted by Crippen LogP contribution is -2.17. The molecule has 0 spiro atoms. The summed E-state index contributed by atoms with van der Waals surface area (Å²) in [6, 6.07) is 10.2. The van der Waals surface area contributed by atoms with Gasteiger partial charge in [0.25, 0.3) is 0 Å². The quantitative estimate of drug-likeness (QED) is 0.798. The van der Waals surface area contributed by atoms with E-state index in [0.29, 0.717) is 17.6 Å². The van der Waals surface area contributed by atoms with Crippen LogP contribution in [0.5, 0.6) is 11.5 Å². The molecule has 0 heterocycles. The fourth-order valence-electron chi connectivity index (χ4n) is 1.91. The summed E-state index contributed by atoms with van der Waals surface area (Å²) in [6.45, 7) is 0. The molecule has 0 aliphatic carbocycles. The predicted octanol–water partition coefficient (Wildman–Crippen LogP) is 4.07. The second-order valence-corrected chi connectivity index (χ2v) is 4.12. The van der Waals surface area contributed by atoms with E-state index in [2.05, 4.69) is 4.74 Å². The van der Waals surface area contributed by atoms with E-state index in [1.165, 1.54) is 19.2 Å². The highest BCUT2D eigenvalue weighted by Gasteiger charge is 2.32. The number of ether oxygens (including phenoxy) is 2. The average molecular weight is 296 g/mol. The minimum absolute atomic E-state index is 0.134. The maximum atomic E-state index is 12.5. The van der Waals surface area contributed by atoms with Gasteiger partial charge in [0.2, 0.25) is 0 Å². The SMILES string of the molecule is COc1ccccc1-c1cc(C=O)ccc1OC(F)(F)F. The Morgan fingerprint density at radius 2 is 1.71 bits per heavy atom. The van der Waals surface area contributed by atoms with Crippen LogP contribution in [-0.4, -0.2) is 19.8 Å². The molecule has 0 saturated heterocycles. The normalized spacial score (nSPS) is 11.0. The highest BCUT2D eigenvalue weighted by molar-refractivity contribution is 5.83. The van der Waals surface area contributed by atoms with E-state index in [4.69, 9.17) is 4.74 Å². The standard InChI is InChI=1S/C15H11F3O3/c1-20-13-5-3-2-4-11(13)12-8-10(9-19)6-7-14(12)21-15(16,17)18/h2-9H,1H3. The summed E-state index contributed by atoms with van der Waals surface area (Å²) >= 11 is 0. The van der Waals surface area contributed by atoms with Crippen LogP contribution in [0.3, 0.4) is 0 Å². The van der Waals surface area contributed by atoms with Gasteiger partial charge in [0, 0.05) is 16.7 Å². The molecule has 0 radical (unpaired) electrons. The van der Waals surface area contributed by atoms with Crippen molar-refractivity contribution < 1.29 is 27.4 Å². The predicted molar refractivity (Wildman–Crippen MR) is 70.5 cm³/mol. The van der Waals surface area contributed by atoms with Crippen LogP contribution < -0.4 is 9.47 Å². The molecule has 0 atom stereocenters. The van der Waals surface area contributed by atoms with Crippen LogP contribution in [0, 0.1) is 0 Å². The summed E-state index contributed by atoms with van der Waals surface area (Å²) < 4.78 is 46.6. The minimum atomic E-state index is -4.82. The lowest BCUT2D eigenvalue weighted by atomic mass is 10.0. The minimum Gasteiger partial charge on any atom is -0.496 e. The Labute approximate surface area is 118 Å². The third-order valence-corrected chi connectivity index (χ3v) is 2.76. The van der Waals surface area contributed by atoms with Gasteiger partial charge < -0.3 is 9.47 Å². The first kappa shape index (κ1) is 14.9. The van der Waals surface area contributed by atoms with Crippen LogP contribution in [0.4, 0.5) is 13.2 Å². The number of hydrogen-bond donors (Lipinski definition) is 0. The van der Waals surface area contributed by atoms with Crippen molar-refractivity contribution in [3.63, 3.8) is 0 Å². The van der Waals surface area contributed by atoms with Gasteiger partial charge in [-0.2, -0.15) is 0 Å². The molecule has 0 bridgehead atoms. The first-order valence-corrected chi connectivity index (χ1v) is 5.93. The number of rotatable bonds is 4. The van der Waals surface area contributed by atoms with Gasteiger partial charge in [-0.05, 0) is 24.3 Å². The summed E-state index contributed by atoms with van der Waals surface area (Å²) in [5, 5.41) is 0. The monoisotopic (exact) mass is 296 g/mol. The van der Waals surface area contributed by atoms with E-state index >= 15 is 0 Å². The van der Waals surface area contributed by atoms with Crippen molar-refractivity contribution in [1.82, 2.24) is 0 Å². The molecule has 2 rings (SSSR count). The van der Waals surface area contributed by atoms with Crippen LogP contribution in [0.15, 0.2) is 42.5 Å². The molecular formula is C15H11F3O3. The van der Waals surface area contributed by atoms with E-state index in [1.54, 1.807) is 24.3 Å². The number of para-hydroxylation sites is 1. The van der Waals surface area contributed by atoms with Crippen LogP contribution in [-0.2, 0) is 0 Å². The molecule has 0 unspecified atom stereocenters. The van der Waals surface area contributed by atoms with E-state index < -0.39 is 12.1 Å². The van der Waals surface area contributed by atoms with Gasteiger partial charge in [0.15, 0.2) is 0 Å². The number of halogens is 3. The van der Waals surface area contributed by atoms with Gasteiger partial charge in [-0.25, -0.2) is 0 Å². The van der Waals surface area contributed by atoms with Gasteiger partial charge in [0.05, 0.1) is 7.11 Å². The Hall–Kier alpha value is -2.50. The molecule has 2 aromatic rings. The molecule has 0 aliphatic rings. The highest BCUT2D eigenvalue weighted by atomic mass is 19.4. The van der Waals surface area contributed by atoms with Crippen LogP contribution in [0.25, 0.3) is 11.1 Å². The molecule has 0 aromatic heterocycles.